The summed E-state index contributed by atoms with van der Waals surface area (Å²) >= 11 is 4.25. The van der Waals surface area contributed by atoms with E-state index in [1.54, 1.807) is 0 Å². The quantitative estimate of drug-likeness (QED) is 0.839. The molecule has 1 aromatic rings. The van der Waals surface area contributed by atoms with Gasteiger partial charge in [-0.25, -0.2) is 0 Å². The van der Waals surface area contributed by atoms with Crippen LogP contribution >= 0.6 is 12.6 Å². The lowest BCUT2D eigenvalue weighted by atomic mass is 10.1. The zero-order valence-electron chi connectivity index (χ0n) is 11.3. The van der Waals surface area contributed by atoms with Crippen LogP contribution in [0.15, 0.2) is 29.2 Å². The second-order valence-corrected chi connectivity index (χ2v) is 5.43. The lowest BCUT2D eigenvalue weighted by Crippen LogP contribution is -2.38. The first-order valence-corrected chi connectivity index (χ1v) is 7.31. The van der Waals surface area contributed by atoms with E-state index in [4.69, 9.17) is 4.74 Å². The van der Waals surface area contributed by atoms with E-state index in [1.165, 1.54) is 0 Å². The number of carbonyl (C=O) groups excluding carboxylic acids is 1. The van der Waals surface area contributed by atoms with Gasteiger partial charge in [-0.05, 0) is 37.5 Å². The molecular weight excluding hydrogens is 258 g/mol. The van der Waals surface area contributed by atoms with Crippen LogP contribution in [0.1, 0.15) is 25.3 Å². The zero-order chi connectivity index (χ0) is 13.7. The van der Waals surface area contributed by atoms with E-state index in [9.17, 15) is 4.79 Å². The van der Waals surface area contributed by atoms with E-state index < -0.39 is 0 Å². The van der Waals surface area contributed by atoms with Gasteiger partial charge in [-0.2, -0.15) is 0 Å². The third-order valence-corrected chi connectivity index (χ3v) is 3.77. The van der Waals surface area contributed by atoms with Gasteiger partial charge >= 0.3 is 0 Å². The third kappa shape index (κ3) is 4.25. The molecule has 2 rings (SSSR count). The molecule has 4 heteroatoms. The molecule has 19 heavy (non-hydrogen) atoms. The van der Waals surface area contributed by atoms with Crippen molar-refractivity contribution < 1.29 is 9.53 Å². The molecule has 1 unspecified atom stereocenters. The number of carbonyl (C=O) groups is 1. The maximum absolute atomic E-state index is 12.3. The minimum atomic E-state index is 0.171. The number of nitrogens with zero attached hydrogens (tertiary/aromatic N) is 1. The summed E-state index contributed by atoms with van der Waals surface area (Å²) in [5.41, 5.74) is 1.04. The van der Waals surface area contributed by atoms with Gasteiger partial charge in [-0.1, -0.05) is 12.1 Å². The van der Waals surface area contributed by atoms with Gasteiger partial charge in [0.05, 0.1) is 12.5 Å². The molecule has 1 aliphatic rings. The van der Waals surface area contributed by atoms with Crippen LogP contribution in [0.3, 0.4) is 0 Å². The molecule has 0 bridgehead atoms. The van der Waals surface area contributed by atoms with Crippen LogP contribution in [0.25, 0.3) is 0 Å². The van der Waals surface area contributed by atoms with Crippen LogP contribution in [-0.2, 0) is 16.0 Å². The van der Waals surface area contributed by atoms with E-state index in [-0.39, 0.29) is 12.0 Å². The molecule has 1 aliphatic heterocycles. The van der Waals surface area contributed by atoms with Crippen molar-refractivity contribution in [3.63, 3.8) is 0 Å². The number of rotatable bonds is 5. The summed E-state index contributed by atoms with van der Waals surface area (Å²) in [4.78, 5) is 15.1. The monoisotopic (exact) mass is 279 g/mol. The van der Waals surface area contributed by atoms with Crippen LogP contribution in [0.2, 0.25) is 0 Å². The Balaban J connectivity index is 1.90. The van der Waals surface area contributed by atoms with Gasteiger partial charge in [0.2, 0.25) is 5.91 Å². The lowest BCUT2D eigenvalue weighted by molar-refractivity contribution is -0.131. The van der Waals surface area contributed by atoms with Crippen molar-refractivity contribution >= 4 is 18.5 Å². The molecule has 1 aromatic carbocycles. The predicted octanol–water partition coefficient (Wildman–Crippen LogP) is 2.55. The normalized spacial score (nSPS) is 18.5. The standard InChI is InChI=1S/C15H21NO2S/c1-2-16(11-13-4-3-9-18-13)15(17)10-12-5-7-14(19)8-6-12/h5-8,13,19H,2-4,9-11H2,1H3. The number of hydrogen-bond acceptors (Lipinski definition) is 3. The predicted molar refractivity (Wildman–Crippen MR) is 78.6 cm³/mol. The first-order chi connectivity index (χ1) is 9.19. The minimum absolute atomic E-state index is 0.171. The molecular formula is C15H21NO2S. The molecule has 0 aliphatic carbocycles. The minimum Gasteiger partial charge on any atom is -0.376 e. The van der Waals surface area contributed by atoms with E-state index in [0.29, 0.717) is 6.42 Å². The number of ether oxygens (including phenoxy) is 1. The Bertz CT molecular complexity index is 413. The Hall–Kier alpha value is -1.00. The van der Waals surface area contributed by atoms with Gasteiger partial charge in [0.15, 0.2) is 0 Å². The van der Waals surface area contributed by atoms with E-state index in [1.807, 2.05) is 36.1 Å². The summed E-state index contributed by atoms with van der Waals surface area (Å²) in [5.74, 6) is 0.171. The van der Waals surface area contributed by atoms with Crippen molar-refractivity contribution in [3.05, 3.63) is 29.8 Å². The van der Waals surface area contributed by atoms with Crippen molar-refractivity contribution in [2.45, 2.75) is 37.2 Å². The highest BCUT2D eigenvalue weighted by Gasteiger charge is 2.21. The van der Waals surface area contributed by atoms with Crippen molar-refractivity contribution in [1.29, 1.82) is 0 Å². The van der Waals surface area contributed by atoms with Crippen LogP contribution in [-0.4, -0.2) is 36.6 Å². The number of hydrogen-bond donors (Lipinski definition) is 1. The molecule has 104 valence electrons. The van der Waals surface area contributed by atoms with Crippen molar-refractivity contribution in [2.75, 3.05) is 19.7 Å². The van der Waals surface area contributed by atoms with E-state index >= 15 is 0 Å². The molecule has 1 fully saturated rings. The largest absolute Gasteiger partial charge is 0.376 e. The molecule has 1 heterocycles. The Morgan fingerprint density at radius 1 is 1.42 bits per heavy atom. The van der Waals surface area contributed by atoms with Gasteiger partial charge in [0, 0.05) is 24.6 Å². The molecule has 1 saturated heterocycles. The van der Waals surface area contributed by atoms with Gasteiger partial charge in [0.1, 0.15) is 0 Å². The van der Waals surface area contributed by atoms with Gasteiger partial charge in [-0.15, -0.1) is 12.6 Å². The fraction of sp³-hybridized carbons (Fsp3) is 0.533. The van der Waals surface area contributed by atoms with Crippen molar-refractivity contribution in [3.8, 4) is 0 Å². The van der Waals surface area contributed by atoms with Crippen molar-refractivity contribution in [1.82, 2.24) is 4.90 Å². The number of thiol groups is 1. The molecule has 0 N–H and O–H groups in total. The number of benzene rings is 1. The highest BCUT2D eigenvalue weighted by atomic mass is 32.1. The Kier molecular flexibility index (Phi) is 5.28. The topological polar surface area (TPSA) is 29.5 Å². The molecule has 0 saturated carbocycles. The molecule has 3 nitrogen and oxygen atoms in total. The third-order valence-electron chi connectivity index (χ3n) is 3.47. The summed E-state index contributed by atoms with van der Waals surface area (Å²) in [7, 11) is 0. The number of likely N-dealkylation sites (N-methyl/N-ethyl adjacent to an activating group) is 1. The Morgan fingerprint density at radius 2 is 2.16 bits per heavy atom. The zero-order valence-corrected chi connectivity index (χ0v) is 12.2. The molecule has 0 aromatic heterocycles. The lowest BCUT2D eigenvalue weighted by Gasteiger charge is -2.24. The fourth-order valence-electron chi connectivity index (χ4n) is 2.34. The maximum Gasteiger partial charge on any atom is 0.227 e. The summed E-state index contributed by atoms with van der Waals surface area (Å²) in [6.07, 6.45) is 2.86. The maximum atomic E-state index is 12.3. The summed E-state index contributed by atoms with van der Waals surface area (Å²) in [5, 5.41) is 0. The molecule has 1 atom stereocenters. The first-order valence-electron chi connectivity index (χ1n) is 6.86. The highest BCUT2D eigenvalue weighted by Crippen LogP contribution is 2.14. The van der Waals surface area contributed by atoms with Gasteiger partial charge < -0.3 is 9.64 Å². The first kappa shape index (κ1) is 14.4. The van der Waals surface area contributed by atoms with Crippen molar-refractivity contribution in [2.24, 2.45) is 0 Å². The SMILES string of the molecule is CCN(CC1CCCO1)C(=O)Cc1ccc(S)cc1. The average Bonchev–Trinajstić information content (AvgIpc) is 2.91. The van der Waals surface area contributed by atoms with E-state index in [2.05, 4.69) is 12.6 Å². The van der Waals surface area contributed by atoms with Crippen LogP contribution in [0.5, 0.6) is 0 Å². The smallest absolute Gasteiger partial charge is 0.227 e. The average molecular weight is 279 g/mol. The molecule has 0 radical (unpaired) electrons. The molecule has 0 spiro atoms. The fourth-order valence-corrected chi connectivity index (χ4v) is 2.49. The van der Waals surface area contributed by atoms with Crippen LogP contribution in [0.4, 0.5) is 0 Å². The van der Waals surface area contributed by atoms with E-state index in [0.717, 1.165) is 43.0 Å². The van der Waals surface area contributed by atoms with Gasteiger partial charge in [-0.3, -0.25) is 4.79 Å². The Morgan fingerprint density at radius 3 is 2.74 bits per heavy atom. The summed E-state index contributed by atoms with van der Waals surface area (Å²) in [6, 6.07) is 7.75. The Labute approximate surface area is 120 Å². The summed E-state index contributed by atoms with van der Waals surface area (Å²) < 4.78 is 5.60. The second-order valence-electron chi connectivity index (χ2n) is 4.91. The van der Waals surface area contributed by atoms with Crippen LogP contribution < -0.4 is 0 Å². The number of amides is 1. The van der Waals surface area contributed by atoms with Gasteiger partial charge in [0.25, 0.3) is 0 Å². The van der Waals surface area contributed by atoms with Crippen LogP contribution in [0, 0.1) is 0 Å². The summed E-state index contributed by atoms with van der Waals surface area (Å²) in [6.45, 7) is 4.31. The highest BCUT2D eigenvalue weighted by molar-refractivity contribution is 7.80. The second kappa shape index (κ2) is 6.96. The molecule has 1 amide bonds.